The summed E-state index contributed by atoms with van der Waals surface area (Å²) >= 11 is 0. The Hall–Kier alpha value is -3.25. The molecule has 0 aliphatic rings. The number of aliphatic hydroxyl groups excluding tert-OH is 1. The fourth-order valence-corrected chi connectivity index (χ4v) is 6.19. The van der Waals surface area contributed by atoms with E-state index in [9.17, 15) is 31.5 Å². The number of carboxylic acids is 1. The molecule has 1 unspecified atom stereocenters. The molecule has 0 amide bonds. The van der Waals surface area contributed by atoms with Gasteiger partial charge in [0.15, 0.2) is 0 Å². The molecule has 0 spiro atoms. The zero-order chi connectivity index (χ0) is 31.8. The van der Waals surface area contributed by atoms with Crippen LogP contribution < -0.4 is 5.32 Å². The van der Waals surface area contributed by atoms with Crippen LogP contribution in [-0.2, 0) is 33.8 Å². The molecule has 3 N–H and O–H groups in total. The molecule has 0 aliphatic carbocycles. The summed E-state index contributed by atoms with van der Waals surface area (Å²) in [6.07, 6.45) is -3.09. The van der Waals surface area contributed by atoms with E-state index in [-0.39, 0.29) is 37.0 Å². The number of carboxylic acid groups (broad SMARTS) is 1. The van der Waals surface area contributed by atoms with Crippen LogP contribution in [0.1, 0.15) is 49.8 Å². The van der Waals surface area contributed by atoms with E-state index in [4.69, 9.17) is 5.11 Å². The molecular weight excluding hydrogens is 581 g/mol. The van der Waals surface area contributed by atoms with Crippen LogP contribution in [0, 0.1) is 0 Å². The smallest absolute Gasteiger partial charge is 0.416 e. The number of aliphatic carboxylic acids is 1. The molecule has 0 saturated heterocycles. The molecule has 234 valence electrons. The number of carbonyl (C=O) groups is 1. The maximum Gasteiger partial charge on any atom is 0.416 e. The highest BCUT2D eigenvalue weighted by molar-refractivity contribution is 7.89. The van der Waals surface area contributed by atoms with Crippen LogP contribution in [0.4, 0.5) is 13.2 Å². The summed E-state index contributed by atoms with van der Waals surface area (Å²) in [5.41, 5.74) is 0.904. The lowest BCUT2D eigenvalue weighted by molar-refractivity contribution is -0.138. The Morgan fingerprint density at radius 1 is 0.953 bits per heavy atom. The Balaban J connectivity index is 1.73. The number of nitrogens with one attached hydrogen (secondary N) is 1. The second-order valence-electron chi connectivity index (χ2n) is 11.3. The predicted octanol–water partition coefficient (Wildman–Crippen LogP) is 5.76. The number of aliphatic hydroxyl groups is 1. The van der Waals surface area contributed by atoms with E-state index in [0.717, 1.165) is 35.7 Å². The maximum atomic E-state index is 13.6. The van der Waals surface area contributed by atoms with Crippen molar-refractivity contribution in [2.45, 2.75) is 68.7 Å². The van der Waals surface area contributed by atoms with Gasteiger partial charge in [0.25, 0.3) is 0 Å². The predicted molar refractivity (Wildman–Crippen MR) is 160 cm³/mol. The van der Waals surface area contributed by atoms with Crippen LogP contribution >= 0.6 is 0 Å². The first-order chi connectivity index (χ1) is 20.1. The third-order valence-electron chi connectivity index (χ3n) is 7.28. The Labute approximate surface area is 251 Å². The largest absolute Gasteiger partial charge is 0.481 e. The average molecular weight is 621 g/mol. The monoisotopic (exact) mass is 620 g/mol. The SMILES string of the molecule is CN(CC(O)CNC(C)(C)CCCc1ccccc1)S(=O)(=O)c1cc(C(F)(F)F)ccc1-c1ccc(CCC(=O)O)cc1. The summed E-state index contributed by atoms with van der Waals surface area (Å²) in [6.45, 7) is 3.74. The van der Waals surface area contributed by atoms with Crippen molar-refractivity contribution >= 4 is 16.0 Å². The first-order valence-electron chi connectivity index (χ1n) is 14.0. The molecule has 43 heavy (non-hydrogen) atoms. The summed E-state index contributed by atoms with van der Waals surface area (Å²) in [4.78, 5) is 10.3. The minimum atomic E-state index is -4.77. The number of hydrogen-bond acceptors (Lipinski definition) is 5. The number of hydrogen-bond donors (Lipinski definition) is 3. The number of sulfonamides is 1. The number of β-amino-alcohol motifs (C(OH)–C–C–N with tert-alkyl or cyclic N) is 1. The van der Waals surface area contributed by atoms with Crippen molar-refractivity contribution in [2.24, 2.45) is 0 Å². The van der Waals surface area contributed by atoms with Gasteiger partial charge in [-0.25, -0.2) is 8.42 Å². The standard InChI is InChI=1S/C32H39F3N2O5S/c1-31(2,19-7-10-23-8-5-4-6-9-23)36-21-27(38)22-37(3)43(41,42)29-20-26(32(33,34)35)16-17-28(29)25-14-11-24(12-15-25)13-18-30(39)40/h4-6,8-9,11-12,14-17,20,27,36,38H,7,10,13,18-19,21-22H2,1-3H3,(H,39,40). The topological polar surface area (TPSA) is 107 Å². The van der Waals surface area contributed by atoms with Gasteiger partial charge in [0, 0.05) is 37.7 Å². The highest BCUT2D eigenvalue weighted by atomic mass is 32.2. The molecule has 0 bridgehead atoms. The van der Waals surface area contributed by atoms with Gasteiger partial charge in [-0.15, -0.1) is 0 Å². The van der Waals surface area contributed by atoms with E-state index >= 15 is 0 Å². The van der Waals surface area contributed by atoms with Crippen LogP contribution in [-0.4, -0.2) is 60.7 Å². The van der Waals surface area contributed by atoms with Gasteiger partial charge >= 0.3 is 12.1 Å². The summed E-state index contributed by atoms with van der Waals surface area (Å²) in [5.74, 6) is -0.966. The van der Waals surface area contributed by atoms with Gasteiger partial charge in [-0.2, -0.15) is 17.5 Å². The molecule has 1 atom stereocenters. The van der Waals surface area contributed by atoms with Crippen molar-refractivity contribution in [3.05, 3.63) is 89.5 Å². The molecular formula is C32H39F3N2O5S. The molecule has 3 aromatic rings. The fourth-order valence-electron chi connectivity index (χ4n) is 4.74. The lowest BCUT2D eigenvalue weighted by Gasteiger charge is -2.29. The summed E-state index contributed by atoms with van der Waals surface area (Å²) in [5, 5.41) is 22.9. The van der Waals surface area contributed by atoms with E-state index in [2.05, 4.69) is 17.4 Å². The Bertz CT molecular complexity index is 1460. The van der Waals surface area contributed by atoms with Crippen molar-refractivity contribution in [1.29, 1.82) is 0 Å². The molecule has 3 rings (SSSR count). The van der Waals surface area contributed by atoms with Crippen molar-refractivity contribution < 1.29 is 36.6 Å². The Morgan fingerprint density at radius 3 is 2.19 bits per heavy atom. The number of likely N-dealkylation sites (N-methyl/N-ethyl adjacent to an activating group) is 1. The van der Waals surface area contributed by atoms with Gasteiger partial charge in [0.2, 0.25) is 10.0 Å². The van der Waals surface area contributed by atoms with Crippen molar-refractivity contribution in [2.75, 3.05) is 20.1 Å². The van der Waals surface area contributed by atoms with Gasteiger partial charge in [-0.05, 0) is 68.4 Å². The molecule has 0 aliphatic heterocycles. The van der Waals surface area contributed by atoms with Gasteiger partial charge < -0.3 is 15.5 Å². The molecule has 0 aromatic heterocycles. The Morgan fingerprint density at radius 2 is 1.58 bits per heavy atom. The molecule has 0 saturated carbocycles. The van der Waals surface area contributed by atoms with Gasteiger partial charge in [-0.3, -0.25) is 4.79 Å². The number of nitrogens with zero attached hydrogens (tertiary/aromatic N) is 1. The molecule has 11 heteroatoms. The Kier molecular flexibility index (Phi) is 11.5. The third-order valence-corrected chi connectivity index (χ3v) is 9.15. The van der Waals surface area contributed by atoms with E-state index in [1.54, 1.807) is 24.3 Å². The normalized spacial score (nSPS) is 13.3. The number of rotatable bonds is 15. The summed E-state index contributed by atoms with van der Waals surface area (Å²) in [7, 11) is -3.23. The van der Waals surface area contributed by atoms with E-state index < -0.39 is 38.7 Å². The van der Waals surface area contributed by atoms with Crippen molar-refractivity contribution in [3.8, 4) is 11.1 Å². The molecule has 0 fully saturated rings. The second-order valence-corrected chi connectivity index (χ2v) is 13.4. The number of alkyl halides is 3. The van der Waals surface area contributed by atoms with E-state index in [0.29, 0.717) is 17.2 Å². The highest BCUT2D eigenvalue weighted by Crippen LogP contribution is 2.36. The van der Waals surface area contributed by atoms with Crippen LogP contribution in [0.25, 0.3) is 11.1 Å². The molecule has 7 nitrogen and oxygen atoms in total. The summed E-state index contributed by atoms with van der Waals surface area (Å²) in [6, 6.07) is 19.0. The van der Waals surface area contributed by atoms with Crippen LogP contribution in [0.15, 0.2) is 77.7 Å². The van der Waals surface area contributed by atoms with Crippen molar-refractivity contribution in [1.82, 2.24) is 9.62 Å². The molecule has 3 aromatic carbocycles. The molecule has 0 radical (unpaired) electrons. The third kappa shape index (κ3) is 10.2. The first kappa shape index (κ1) is 34.2. The average Bonchev–Trinajstić information content (AvgIpc) is 2.95. The van der Waals surface area contributed by atoms with Gasteiger partial charge in [0.1, 0.15) is 0 Å². The minimum absolute atomic E-state index is 0.0665. The zero-order valence-electron chi connectivity index (χ0n) is 24.6. The van der Waals surface area contributed by atoms with Crippen LogP contribution in [0.2, 0.25) is 0 Å². The van der Waals surface area contributed by atoms with Crippen LogP contribution in [0.3, 0.4) is 0 Å². The van der Waals surface area contributed by atoms with Gasteiger partial charge in [-0.1, -0.05) is 60.7 Å². The first-order valence-corrected chi connectivity index (χ1v) is 15.5. The lowest BCUT2D eigenvalue weighted by Crippen LogP contribution is -2.46. The maximum absolute atomic E-state index is 13.6. The van der Waals surface area contributed by atoms with Crippen molar-refractivity contribution in [3.63, 3.8) is 0 Å². The quantitative estimate of drug-likeness (QED) is 0.200. The zero-order valence-corrected chi connectivity index (χ0v) is 25.4. The van der Waals surface area contributed by atoms with Crippen LogP contribution in [0.5, 0.6) is 0 Å². The van der Waals surface area contributed by atoms with Gasteiger partial charge in [0.05, 0.1) is 16.6 Å². The molecule has 0 heterocycles. The van der Waals surface area contributed by atoms with E-state index in [1.807, 2.05) is 32.0 Å². The number of halogens is 3. The second kappa shape index (κ2) is 14.5. The highest BCUT2D eigenvalue weighted by Gasteiger charge is 2.34. The fraction of sp³-hybridized carbons (Fsp3) is 0.406. The number of aryl methyl sites for hydroxylation is 2. The number of benzene rings is 3. The minimum Gasteiger partial charge on any atom is -0.481 e. The summed E-state index contributed by atoms with van der Waals surface area (Å²) < 4.78 is 68.9. The van der Waals surface area contributed by atoms with E-state index in [1.165, 1.54) is 12.6 Å². The lowest BCUT2D eigenvalue weighted by atomic mass is 9.95.